The summed E-state index contributed by atoms with van der Waals surface area (Å²) in [5.74, 6) is -0.655. The molecule has 3 atom stereocenters. The molecule has 0 spiro atoms. The van der Waals surface area contributed by atoms with Crippen LogP contribution in [0.15, 0.2) is 30.3 Å². The fraction of sp³-hybridized carbons (Fsp3) is 0.822. The second-order valence-electron chi connectivity index (χ2n) is 15.6. The molecule has 1 heterocycles. The average molecular weight is 778 g/mol. The maximum atomic E-state index is 13.9. The van der Waals surface area contributed by atoms with Crippen LogP contribution >= 0.6 is 7.75 Å². The first-order chi connectivity index (χ1) is 26.4. The number of benzene rings is 1. The van der Waals surface area contributed by atoms with Crippen molar-refractivity contribution in [3.05, 3.63) is 35.9 Å². The Morgan fingerprint density at radius 2 is 1.06 bits per heavy atom. The summed E-state index contributed by atoms with van der Waals surface area (Å²) in [6.07, 6.45) is 32.0. The van der Waals surface area contributed by atoms with Crippen molar-refractivity contribution in [2.24, 2.45) is 0 Å². The molecule has 0 amide bonds. The Balaban J connectivity index is 1.72. The van der Waals surface area contributed by atoms with Crippen LogP contribution in [0.25, 0.3) is 0 Å². The van der Waals surface area contributed by atoms with E-state index in [4.69, 9.17) is 18.5 Å². The third-order valence-electron chi connectivity index (χ3n) is 10.7. The van der Waals surface area contributed by atoms with E-state index in [9.17, 15) is 14.2 Å². The first-order valence-electron chi connectivity index (χ1n) is 22.5. The highest BCUT2D eigenvalue weighted by atomic mass is 31.2. The van der Waals surface area contributed by atoms with Crippen LogP contribution in [0, 0.1) is 0 Å². The number of carbonyl (C=O) groups is 2. The Morgan fingerprint density at radius 1 is 0.630 bits per heavy atom. The zero-order valence-electron chi connectivity index (χ0n) is 34.9. The highest BCUT2D eigenvalue weighted by molar-refractivity contribution is 7.51. The highest BCUT2D eigenvalue weighted by Gasteiger charge is 2.43. The Morgan fingerprint density at radius 3 is 1.52 bits per heavy atom. The number of esters is 2. The largest absolute Gasteiger partial charge is 0.462 e. The van der Waals surface area contributed by atoms with Gasteiger partial charge in [-0.15, -0.1) is 0 Å². The van der Waals surface area contributed by atoms with Gasteiger partial charge in [-0.2, -0.15) is 4.67 Å². The zero-order chi connectivity index (χ0) is 39.0. The molecular formula is C45H80NO7P. The van der Waals surface area contributed by atoms with Gasteiger partial charge in [-0.1, -0.05) is 198 Å². The molecule has 0 aliphatic carbocycles. The topological polar surface area (TPSA) is 91.4 Å². The van der Waals surface area contributed by atoms with E-state index in [2.05, 4.69) is 13.8 Å². The smallest absolute Gasteiger partial charge is 0.408 e. The standard InChI is InChI=1S/C45H80NO7P/c1-4-6-8-10-12-14-16-18-20-22-24-26-31-35-44(47)50-39-43(40-52-54(49)46(37-38-51-54)41(3)42-33-29-28-30-34-42)53-45(48)36-32-27-25-23-21-19-17-15-13-11-9-7-5-2/h28-30,33-34,41,43H,4-27,31-32,35-40H2,1-3H3. The third-order valence-corrected chi connectivity index (χ3v) is 12.9. The van der Waals surface area contributed by atoms with Crippen LogP contribution in [-0.4, -0.2) is 49.1 Å². The quantitative estimate of drug-likeness (QED) is 0.0378. The van der Waals surface area contributed by atoms with E-state index in [-0.39, 0.29) is 37.8 Å². The maximum absolute atomic E-state index is 13.9. The first-order valence-corrected chi connectivity index (χ1v) is 24.0. The van der Waals surface area contributed by atoms with E-state index in [1.807, 2.05) is 37.3 Å². The predicted octanol–water partition coefficient (Wildman–Crippen LogP) is 13.6. The summed E-state index contributed by atoms with van der Waals surface area (Å²) in [4.78, 5) is 25.6. The maximum Gasteiger partial charge on any atom is 0.408 e. The van der Waals surface area contributed by atoms with Gasteiger partial charge in [-0.3, -0.25) is 18.6 Å². The molecule has 1 saturated heterocycles. The van der Waals surface area contributed by atoms with Gasteiger partial charge in [0.05, 0.1) is 13.2 Å². The Bertz CT molecular complexity index is 1100. The molecule has 1 fully saturated rings. The van der Waals surface area contributed by atoms with Gasteiger partial charge in [-0.25, -0.2) is 4.57 Å². The number of unbranched alkanes of at least 4 members (excludes halogenated alkanes) is 24. The lowest BCUT2D eigenvalue weighted by Crippen LogP contribution is -2.30. The summed E-state index contributed by atoms with van der Waals surface area (Å²) in [5, 5.41) is 0. The average Bonchev–Trinajstić information content (AvgIpc) is 3.57. The minimum atomic E-state index is -3.64. The van der Waals surface area contributed by atoms with Crippen LogP contribution in [0.5, 0.6) is 0 Å². The Kier molecular flexibility index (Phi) is 29.0. The van der Waals surface area contributed by atoms with E-state index < -0.39 is 13.9 Å². The molecule has 1 aromatic rings. The summed E-state index contributed by atoms with van der Waals surface area (Å²) < 4.78 is 38.6. The van der Waals surface area contributed by atoms with Crippen molar-refractivity contribution < 1.29 is 32.7 Å². The fourth-order valence-corrected chi connectivity index (χ4v) is 9.16. The molecule has 0 saturated carbocycles. The van der Waals surface area contributed by atoms with Gasteiger partial charge in [-0.05, 0) is 25.3 Å². The van der Waals surface area contributed by atoms with E-state index in [0.717, 1.165) is 44.1 Å². The van der Waals surface area contributed by atoms with E-state index in [1.54, 1.807) is 4.67 Å². The molecule has 0 N–H and O–H groups in total. The molecule has 0 bridgehead atoms. The lowest BCUT2D eigenvalue weighted by molar-refractivity contribution is -0.161. The summed E-state index contributed by atoms with van der Waals surface area (Å²) in [5.41, 5.74) is 1.01. The normalized spacial score (nSPS) is 17.1. The Hall–Kier alpha value is -1.73. The van der Waals surface area contributed by atoms with Crippen molar-refractivity contribution in [1.29, 1.82) is 0 Å². The van der Waals surface area contributed by atoms with Crippen LogP contribution in [0.4, 0.5) is 0 Å². The van der Waals surface area contributed by atoms with Gasteiger partial charge in [0.25, 0.3) is 0 Å². The van der Waals surface area contributed by atoms with Crippen molar-refractivity contribution in [2.45, 2.75) is 213 Å². The number of rotatable bonds is 36. The monoisotopic (exact) mass is 778 g/mol. The summed E-state index contributed by atoms with van der Waals surface area (Å²) >= 11 is 0. The predicted molar refractivity (Wildman–Crippen MR) is 223 cm³/mol. The van der Waals surface area contributed by atoms with Crippen LogP contribution < -0.4 is 0 Å². The third kappa shape index (κ3) is 23.4. The van der Waals surface area contributed by atoms with Gasteiger partial charge in [0.15, 0.2) is 6.10 Å². The number of nitrogens with zero attached hydrogens (tertiary/aromatic N) is 1. The van der Waals surface area contributed by atoms with Crippen molar-refractivity contribution in [2.75, 3.05) is 26.4 Å². The molecule has 312 valence electrons. The number of hydrogen-bond donors (Lipinski definition) is 0. The summed E-state index contributed by atoms with van der Waals surface area (Å²) in [6, 6.07) is 9.65. The van der Waals surface area contributed by atoms with Gasteiger partial charge < -0.3 is 9.47 Å². The number of ether oxygens (including phenoxy) is 2. The molecule has 0 radical (unpaired) electrons. The summed E-state index contributed by atoms with van der Waals surface area (Å²) in [6.45, 7) is 6.94. The molecule has 9 heteroatoms. The molecule has 1 aliphatic heterocycles. The minimum Gasteiger partial charge on any atom is -0.462 e. The van der Waals surface area contributed by atoms with Crippen LogP contribution in [0.2, 0.25) is 0 Å². The van der Waals surface area contributed by atoms with E-state index in [1.165, 1.54) is 128 Å². The molecule has 8 nitrogen and oxygen atoms in total. The lowest BCUT2D eigenvalue weighted by atomic mass is 10.0. The summed E-state index contributed by atoms with van der Waals surface area (Å²) in [7, 11) is -3.64. The van der Waals surface area contributed by atoms with Crippen LogP contribution in [0.3, 0.4) is 0 Å². The molecule has 0 aromatic heterocycles. The second-order valence-corrected chi connectivity index (χ2v) is 17.6. The number of hydrogen-bond acceptors (Lipinski definition) is 7. The zero-order valence-corrected chi connectivity index (χ0v) is 35.8. The van der Waals surface area contributed by atoms with E-state index >= 15 is 0 Å². The molecular weight excluding hydrogens is 697 g/mol. The lowest BCUT2D eigenvalue weighted by Gasteiger charge is -2.29. The van der Waals surface area contributed by atoms with Crippen LogP contribution in [0.1, 0.15) is 212 Å². The van der Waals surface area contributed by atoms with Crippen molar-refractivity contribution in [3.8, 4) is 0 Å². The van der Waals surface area contributed by atoms with Crippen molar-refractivity contribution >= 4 is 19.7 Å². The second kappa shape index (κ2) is 32.4. The van der Waals surface area contributed by atoms with Crippen molar-refractivity contribution in [3.63, 3.8) is 0 Å². The fourth-order valence-electron chi connectivity index (χ4n) is 7.24. The molecule has 2 rings (SSSR count). The number of carbonyl (C=O) groups excluding carboxylic acids is 2. The molecule has 1 aliphatic rings. The van der Waals surface area contributed by atoms with Crippen molar-refractivity contribution in [1.82, 2.24) is 4.67 Å². The Labute approximate surface area is 331 Å². The van der Waals surface area contributed by atoms with E-state index in [0.29, 0.717) is 19.4 Å². The molecule has 54 heavy (non-hydrogen) atoms. The minimum absolute atomic E-state index is 0.129. The SMILES string of the molecule is CCCCCCCCCCCCCCCC(=O)OCC(COP1(=O)OCCN1C(C)c1ccccc1)OC(=O)CCCCCCCCCCCCCCC. The molecule has 1 aromatic carbocycles. The molecule has 3 unspecified atom stereocenters. The van der Waals surface area contributed by atoms with Crippen LogP contribution in [-0.2, 0) is 32.7 Å². The van der Waals surface area contributed by atoms with Gasteiger partial charge >= 0.3 is 19.7 Å². The highest BCUT2D eigenvalue weighted by Crippen LogP contribution is 2.59. The van der Waals surface area contributed by atoms with Gasteiger partial charge in [0, 0.05) is 25.4 Å². The van der Waals surface area contributed by atoms with Gasteiger partial charge in [0.1, 0.15) is 6.61 Å². The van der Waals surface area contributed by atoms with Gasteiger partial charge in [0.2, 0.25) is 0 Å². The first kappa shape index (κ1) is 48.4.